The highest BCUT2D eigenvalue weighted by atomic mass is 16.4. The maximum absolute atomic E-state index is 12.0. The number of urea groups is 1. The SMILES string of the molecule is CCNC(=O)CN(C)C(=O)N1C[C@@H](O)C[C@H]1C(=O)O. The van der Waals surface area contributed by atoms with E-state index in [0.29, 0.717) is 6.54 Å². The van der Waals surface area contributed by atoms with Crippen LogP contribution in [0.15, 0.2) is 0 Å². The first-order valence-corrected chi connectivity index (χ1v) is 6.06. The van der Waals surface area contributed by atoms with E-state index in [1.165, 1.54) is 7.05 Å². The largest absolute Gasteiger partial charge is 0.480 e. The summed E-state index contributed by atoms with van der Waals surface area (Å²) < 4.78 is 0. The maximum atomic E-state index is 12.0. The van der Waals surface area contributed by atoms with Gasteiger partial charge < -0.3 is 25.3 Å². The van der Waals surface area contributed by atoms with Crippen LogP contribution in [0.4, 0.5) is 4.79 Å². The Morgan fingerprint density at radius 1 is 1.42 bits per heavy atom. The minimum absolute atomic E-state index is 0.00999. The number of nitrogens with one attached hydrogen (secondary N) is 1. The van der Waals surface area contributed by atoms with E-state index < -0.39 is 24.1 Å². The number of hydrogen-bond acceptors (Lipinski definition) is 4. The van der Waals surface area contributed by atoms with Gasteiger partial charge in [-0.05, 0) is 6.92 Å². The lowest BCUT2D eigenvalue weighted by Gasteiger charge is -2.27. The lowest BCUT2D eigenvalue weighted by Crippen LogP contribution is -2.49. The number of nitrogens with zero attached hydrogens (tertiary/aromatic N) is 2. The molecule has 1 aliphatic rings. The van der Waals surface area contributed by atoms with Crippen LogP contribution >= 0.6 is 0 Å². The van der Waals surface area contributed by atoms with Gasteiger partial charge >= 0.3 is 12.0 Å². The molecule has 1 saturated heterocycles. The van der Waals surface area contributed by atoms with Crippen molar-refractivity contribution in [3.8, 4) is 0 Å². The fourth-order valence-electron chi connectivity index (χ4n) is 2.01. The van der Waals surface area contributed by atoms with Crippen LogP contribution < -0.4 is 5.32 Å². The zero-order valence-electron chi connectivity index (χ0n) is 11.0. The second-order valence-corrected chi connectivity index (χ2v) is 4.49. The molecule has 0 aromatic carbocycles. The first-order chi connectivity index (χ1) is 8.86. The van der Waals surface area contributed by atoms with E-state index in [0.717, 1.165) is 9.80 Å². The average Bonchev–Trinajstić information content (AvgIpc) is 2.70. The molecule has 0 radical (unpaired) electrons. The number of β-amino-alcohol motifs (C(OH)–C–C–N with tert-alkyl or cyclic N) is 1. The third-order valence-electron chi connectivity index (χ3n) is 2.89. The first kappa shape index (κ1) is 15.2. The molecule has 0 aromatic heterocycles. The summed E-state index contributed by atoms with van der Waals surface area (Å²) in [6.07, 6.45) is -0.835. The predicted octanol–water partition coefficient (Wildman–Crippen LogP) is -1.31. The number of likely N-dealkylation sites (N-methyl/N-ethyl adjacent to an activating group) is 2. The Morgan fingerprint density at radius 3 is 2.58 bits per heavy atom. The third-order valence-corrected chi connectivity index (χ3v) is 2.89. The van der Waals surface area contributed by atoms with Crippen LogP contribution in [0.2, 0.25) is 0 Å². The van der Waals surface area contributed by atoms with Crippen molar-refractivity contribution in [1.29, 1.82) is 0 Å². The number of likely N-dealkylation sites (tertiary alicyclic amines) is 1. The monoisotopic (exact) mass is 273 g/mol. The number of hydrogen-bond donors (Lipinski definition) is 3. The number of aliphatic carboxylic acids is 1. The van der Waals surface area contributed by atoms with Crippen LogP contribution in [0.1, 0.15) is 13.3 Å². The second kappa shape index (κ2) is 6.37. The molecular formula is C11H19N3O5. The molecule has 0 spiro atoms. The summed E-state index contributed by atoms with van der Waals surface area (Å²) in [6.45, 7) is 2.04. The van der Waals surface area contributed by atoms with Crippen LogP contribution in [0.3, 0.4) is 0 Å². The molecule has 0 unspecified atom stereocenters. The van der Waals surface area contributed by atoms with Crippen LogP contribution in [0, 0.1) is 0 Å². The van der Waals surface area contributed by atoms with Gasteiger partial charge in [0.2, 0.25) is 5.91 Å². The first-order valence-electron chi connectivity index (χ1n) is 6.06. The Labute approximate surface area is 111 Å². The van der Waals surface area contributed by atoms with E-state index in [1.54, 1.807) is 6.92 Å². The lowest BCUT2D eigenvalue weighted by molar-refractivity contribution is -0.141. The Bertz CT molecular complexity index is 373. The van der Waals surface area contributed by atoms with Crippen molar-refractivity contribution in [3.63, 3.8) is 0 Å². The van der Waals surface area contributed by atoms with Crippen LogP contribution in [-0.2, 0) is 9.59 Å². The van der Waals surface area contributed by atoms with Crippen molar-refractivity contribution >= 4 is 17.9 Å². The fraction of sp³-hybridized carbons (Fsp3) is 0.727. The lowest BCUT2D eigenvalue weighted by atomic mass is 10.2. The summed E-state index contributed by atoms with van der Waals surface area (Å²) in [7, 11) is 1.42. The van der Waals surface area contributed by atoms with Gasteiger partial charge in [-0.2, -0.15) is 0 Å². The Kier molecular flexibility index (Phi) is 5.11. The van der Waals surface area contributed by atoms with Gasteiger partial charge in [-0.25, -0.2) is 9.59 Å². The predicted molar refractivity (Wildman–Crippen MR) is 65.5 cm³/mol. The summed E-state index contributed by atoms with van der Waals surface area (Å²) in [5, 5.41) is 21.0. The van der Waals surface area contributed by atoms with Gasteiger partial charge in [-0.1, -0.05) is 0 Å². The van der Waals surface area contributed by atoms with E-state index in [9.17, 15) is 19.5 Å². The Balaban J connectivity index is 2.65. The van der Waals surface area contributed by atoms with E-state index in [4.69, 9.17) is 5.11 Å². The molecule has 1 rings (SSSR count). The number of amides is 3. The van der Waals surface area contributed by atoms with Crippen LogP contribution in [-0.4, -0.2) is 76.7 Å². The molecule has 3 amide bonds. The Morgan fingerprint density at radius 2 is 2.05 bits per heavy atom. The number of carboxylic acids is 1. The minimum Gasteiger partial charge on any atom is -0.480 e. The standard InChI is InChI=1S/C11H19N3O5/c1-3-12-9(16)6-13(2)11(19)14-5-7(15)4-8(14)10(17)18/h7-8,15H,3-6H2,1-2H3,(H,12,16)(H,17,18)/t7-,8-/m0/s1. The molecule has 0 saturated carbocycles. The molecule has 8 heteroatoms. The van der Waals surface area contributed by atoms with Crippen LogP contribution in [0.5, 0.6) is 0 Å². The normalized spacial score (nSPS) is 22.2. The highest BCUT2D eigenvalue weighted by molar-refractivity contribution is 5.87. The van der Waals surface area contributed by atoms with E-state index in [1.807, 2.05) is 0 Å². The summed E-state index contributed by atoms with van der Waals surface area (Å²) in [4.78, 5) is 36.6. The van der Waals surface area contributed by atoms with E-state index >= 15 is 0 Å². The molecule has 0 bridgehead atoms. The molecule has 0 aliphatic carbocycles. The molecule has 1 aliphatic heterocycles. The highest BCUT2D eigenvalue weighted by Crippen LogP contribution is 2.19. The van der Waals surface area contributed by atoms with Crippen molar-refractivity contribution < 1.29 is 24.6 Å². The molecule has 19 heavy (non-hydrogen) atoms. The molecule has 8 nitrogen and oxygen atoms in total. The van der Waals surface area contributed by atoms with Gasteiger partial charge in [-0.15, -0.1) is 0 Å². The van der Waals surface area contributed by atoms with Crippen molar-refractivity contribution in [2.75, 3.05) is 26.7 Å². The fourth-order valence-corrected chi connectivity index (χ4v) is 2.01. The topological polar surface area (TPSA) is 110 Å². The van der Waals surface area contributed by atoms with Gasteiger partial charge in [0.15, 0.2) is 0 Å². The Hall–Kier alpha value is -1.83. The maximum Gasteiger partial charge on any atom is 0.326 e. The molecule has 2 atom stereocenters. The van der Waals surface area contributed by atoms with Crippen LogP contribution in [0.25, 0.3) is 0 Å². The summed E-state index contributed by atoms with van der Waals surface area (Å²) in [5.41, 5.74) is 0. The van der Waals surface area contributed by atoms with Gasteiger partial charge in [0.25, 0.3) is 0 Å². The molecule has 3 N–H and O–H groups in total. The zero-order valence-corrected chi connectivity index (χ0v) is 11.0. The van der Waals surface area contributed by atoms with Crippen molar-refractivity contribution in [2.45, 2.75) is 25.5 Å². The number of rotatable bonds is 4. The smallest absolute Gasteiger partial charge is 0.326 e. The van der Waals surface area contributed by atoms with Crippen molar-refractivity contribution in [1.82, 2.24) is 15.1 Å². The second-order valence-electron chi connectivity index (χ2n) is 4.49. The summed E-state index contributed by atoms with van der Waals surface area (Å²) in [6, 6.07) is -1.62. The molecule has 1 fully saturated rings. The highest BCUT2D eigenvalue weighted by Gasteiger charge is 2.40. The van der Waals surface area contributed by atoms with Crippen molar-refractivity contribution in [3.05, 3.63) is 0 Å². The zero-order chi connectivity index (χ0) is 14.6. The summed E-state index contributed by atoms with van der Waals surface area (Å²) >= 11 is 0. The minimum atomic E-state index is -1.16. The quantitative estimate of drug-likeness (QED) is 0.589. The molecular weight excluding hydrogens is 254 g/mol. The van der Waals surface area contributed by atoms with Crippen molar-refractivity contribution in [2.24, 2.45) is 0 Å². The van der Waals surface area contributed by atoms with E-state index in [2.05, 4.69) is 5.32 Å². The van der Waals surface area contributed by atoms with Gasteiger partial charge in [0.05, 0.1) is 6.10 Å². The van der Waals surface area contributed by atoms with Gasteiger partial charge in [0.1, 0.15) is 12.6 Å². The third kappa shape index (κ3) is 3.82. The van der Waals surface area contributed by atoms with Gasteiger partial charge in [0, 0.05) is 26.6 Å². The number of carboxylic acid groups (broad SMARTS) is 1. The number of carbonyl (C=O) groups excluding carboxylic acids is 2. The number of carbonyl (C=O) groups is 3. The summed E-state index contributed by atoms with van der Waals surface area (Å²) in [5.74, 6) is -1.47. The van der Waals surface area contributed by atoms with Gasteiger partial charge in [-0.3, -0.25) is 4.79 Å². The average molecular weight is 273 g/mol. The number of aliphatic hydroxyl groups is 1. The molecule has 1 heterocycles. The molecule has 108 valence electrons. The number of aliphatic hydroxyl groups excluding tert-OH is 1. The van der Waals surface area contributed by atoms with E-state index in [-0.39, 0.29) is 25.4 Å². The molecule has 0 aromatic rings.